The Labute approximate surface area is 80.2 Å². The minimum atomic E-state index is -0.263. The Bertz CT molecular complexity index is 113. The van der Waals surface area contributed by atoms with Gasteiger partial charge in [0.25, 0.3) is 0 Å². The van der Waals surface area contributed by atoms with Crippen LogP contribution < -0.4 is 5.32 Å². The third kappa shape index (κ3) is 4.57. The van der Waals surface area contributed by atoms with Crippen LogP contribution in [0.4, 0.5) is 0 Å². The van der Waals surface area contributed by atoms with Crippen molar-refractivity contribution in [3.63, 3.8) is 0 Å². The molecule has 0 amide bonds. The van der Waals surface area contributed by atoms with Gasteiger partial charge in [-0.3, -0.25) is 0 Å². The predicted octanol–water partition coefficient (Wildman–Crippen LogP) is 0.354. The van der Waals surface area contributed by atoms with E-state index in [2.05, 4.69) is 5.32 Å². The van der Waals surface area contributed by atoms with Crippen LogP contribution in [0.3, 0.4) is 0 Å². The monoisotopic (exact) mass is 191 g/mol. The average molecular weight is 191 g/mol. The molecule has 0 aromatic heterocycles. The molecular weight excluding hydrogens is 170 g/mol. The fourth-order valence-electron chi connectivity index (χ4n) is 1.25. The molecule has 4 nitrogen and oxygen atoms in total. The third-order valence-electron chi connectivity index (χ3n) is 2.08. The van der Waals surface area contributed by atoms with Gasteiger partial charge in [-0.2, -0.15) is 0 Å². The Morgan fingerprint density at radius 2 is 1.85 bits per heavy atom. The molecule has 0 heterocycles. The van der Waals surface area contributed by atoms with Crippen LogP contribution in [0.5, 0.6) is 0 Å². The lowest BCUT2D eigenvalue weighted by Gasteiger charge is -2.26. The van der Waals surface area contributed by atoms with Crippen molar-refractivity contribution in [2.75, 3.05) is 20.8 Å². The number of methoxy groups -OCH3 is 2. The van der Waals surface area contributed by atoms with Crippen molar-refractivity contribution in [1.82, 2.24) is 5.32 Å². The van der Waals surface area contributed by atoms with E-state index >= 15 is 0 Å². The van der Waals surface area contributed by atoms with Gasteiger partial charge >= 0.3 is 0 Å². The molecule has 2 unspecified atom stereocenters. The van der Waals surface area contributed by atoms with Gasteiger partial charge in [0.2, 0.25) is 0 Å². The zero-order chi connectivity index (χ0) is 10.3. The van der Waals surface area contributed by atoms with Gasteiger partial charge in [0.15, 0.2) is 6.29 Å². The zero-order valence-electron chi connectivity index (χ0n) is 8.91. The third-order valence-corrected chi connectivity index (χ3v) is 2.08. The van der Waals surface area contributed by atoms with Crippen molar-refractivity contribution in [3.8, 4) is 0 Å². The summed E-state index contributed by atoms with van der Waals surface area (Å²) in [5.74, 6) is 0. The molecule has 0 fully saturated rings. The minimum absolute atomic E-state index is 0.0760. The van der Waals surface area contributed by atoms with Gasteiger partial charge in [-0.1, -0.05) is 6.92 Å². The molecule has 0 spiro atoms. The van der Waals surface area contributed by atoms with Crippen LogP contribution in [0.2, 0.25) is 0 Å². The van der Waals surface area contributed by atoms with Crippen molar-refractivity contribution in [2.45, 2.75) is 38.6 Å². The largest absolute Gasteiger partial charge is 0.395 e. The van der Waals surface area contributed by atoms with Crippen molar-refractivity contribution in [2.24, 2.45) is 0 Å². The summed E-state index contributed by atoms with van der Waals surface area (Å²) in [7, 11) is 3.21. The summed E-state index contributed by atoms with van der Waals surface area (Å²) >= 11 is 0. The summed E-state index contributed by atoms with van der Waals surface area (Å²) in [6.45, 7) is 4.13. The number of nitrogens with one attached hydrogen (secondary N) is 1. The quantitative estimate of drug-likeness (QED) is 0.570. The summed E-state index contributed by atoms with van der Waals surface area (Å²) in [6.07, 6.45) is 0.627. The van der Waals surface area contributed by atoms with E-state index in [0.29, 0.717) is 0 Å². The second-order valence-electron chi connectivity index (χ2n) is 3.08. The van der Waals surface area contributed by atoms with E-state index in [1.54, 1.807) is 14.2 Å². The molecule has 0 saturated heterocycles. The van der Waals surface area contributed by atoms with Gasteiger partial charge in [0, 0.05) is 20.3 Å². The van der Waals surface area contributed by atoms with Crippen molar-refractivity contribution >= 4 is 0 Å². The van der Waals surface area contributed by atoms with Crippen LogP contribution in [0, 0.1) is 0 Å². The second kappa shape index (κ2) is 7.26. The standard InChI is InChI=1S/C9H21NO3/c1-5-8(6-11)10-7(2)9(12-3)13-4/h7-11H,5-6H2,1-4H3. The Kier molecular flexibility index (Phi) is 7.17. The van der Waals surface area contributed by atoms with Crippen molar-refractivity contribution in [3.05, 3.63) is 0 Å². The van der Waals surface area contributed by atoms with Gasteiger partial charge in [-0.05, 0) is 13.3 Å². The van der Waals surface area contributed by atoms with Gasteiger partial charge < -0.3 is 19.9 Å². The summed E-state index contributed by atoms with van der Waals surface area (Å²) in [5.41, 5.74) is 0. The highest BCUT2D eigenvalue weighted by atomic mass is 16.7. The lowest BCUT2D eigenvalue weighted by atomic mass is 10.2. The van der Waals surface area contributed by atoms with Crippen LogP contribution in [0.25, 0.3) is 0 Å². The molecule has 2 N–H and O–H groups in total. The molecule has 0 aromatic carbocycles. The number of aliphatic hydroxyl groups is 1. The van der Waals surface area contributed by atoms with E-state index in [1.165, 1.54) is 0 Å². The summed E-state index contributed by atoms with van der Waals surface area (Å²) in [4.78, 5) is 0. The maximum Gasteiger partial charge on any atom is 0.171 e. The molecule has 80 valence electrons. The lowest BCUT2D eigenvalue weighted by Crippen LogP contribution is -2.46. The average Bonchev–Trinajstić information content (AvgIpc) is 2.16. The molecule has 0 rings (SSSR count). The Balaban J connectivity index is 3.87. The number of hydrogen-bond donors (Lipinski definition) is 2. The van der Waals surface area contributed by atoms with Crippen molar-refractivity contribution < 1.29 is 14.6 Å². The number of rotatable bonds is 7. The Hall–Kier alpha value is -0.160. The number of ether oxygens (including phenoxy) is 2. The summed E-state index contributed by atoms with van der Waals surface area (Å²) in [5, 5.41) is 12.2. The first-order valence-electron chi connectivity index (χ1n) is 4.62. The van der Waals surface area contributed by atoms with E-state index in [1.807, 2.05) is 13.8 Å². The van der Waals surface area contributed by atoms with E-state index in [0.717, 1.165) is 6.42 Å². The number of aliphatic hydroxyl groups excluding tert-OH is 1. The highest BCUT2D eigenvalue weighted by Gasteiger charge is 2.18. The van der Waals surface area contributed by atoms with E-state index in [9.17, 15) is 0 Å². The normalized spacial score (nSPS) is 16.2. The zero-order valence-corrected chi connectivity index (χ0v) is 8.91. The molecule has 0 aliphatic rings. The summed E-state index contributed by atoms with van der Waals surface area (Å²) in [6, 6.07) is 0.190. The van der Waals surface area contributed by atoms with Gasteiger partial charge in [0.1, 0.15) is 0 Å². The maximum atomic E-state index is 8.96. The Morgan fingerprint density at radius 1 is 1.31 bits per heavy atom. The predicted molar refractivity (Wildman–Crippen MR) is 51.6 cm³/mol. The minimum Gasteiger partial charge on any atom is -0.395 e. The van der Waals surface area contributed by atoms with Crippen LogP contribution in [0.1, 0.15) is 20.3 Å². The molecule has 0 bridgehead atoms. The first-order valence-corrected chi connectivity index (χ1v) is 4.62. The lowest BCUT2D eigenvalue weighted by molar-refractivity contribution is -0.121. The molecule has 0 aliphatic carbocycles. The smallest absolute Gasteiger partial charge is 0.171 e. The van der Waals surface area contributed by atoms with Crippen LogP contribution in [-0.4, -0.2) is 44.3 Å². The van der Waals surface area contributed by atoms with Crippen LogP contribution >= 0.6 is 0 Å². The second-order valence-corrected chi connectivity index (χ2v) is 3.08. The molecule has 0 radical (unpaired) electrons. The van der Waals surface area contributed by atoms with E-state index in [-0.39, 0.29) is 25.0 Å². The first kappa shape index (κ1) is 12.8. The highest BCUT2D eigenvalue weighted by molar-refractivity contribution is 4.71. The highest BCUT2D eigenvalue weighted by Crippen LogP contribution is 2.01. The van der Waals surface area contributed by atoms with E-state index in [4.69, 9.17) is 14.6 Å². The SMILES string of the molecule is CCC(CO)NC(C)C(OC)OC. The Morgan fingerprint density at radius 3 is 2.15 bits per heavy atom. The molecule has 0 aromatic rings. The maximum absolute atomic E-state index is 8.96. The molecule has 0 aliphatic heterocycles. The van der Waals surface area contributed by atoms with E-state index < -0.39 is 0 Å². The van der Waals surface area contributed by atoms with Crippen LogP contribution in [-0.2, 0) is 9.47 Å². The van der Waals surface area contributed by atoms with Crippen molar-refractivity contribution in [1.29, 1.82) is 0 Å². The van der Waals surface area contributed by atoms with Gasteiger partial charge in [-0.25, -0.2) is 0 Å². The fourth-order valence-corrected chi connectivity index (χ4v) is 1.25. The molecule has 4 heteroatoms. The molecule has 13 heavy (non-hydrogen) atoms. The molecule has 0 saturated carbocycles. The molecular formula is C9H21NO3. The topological polar surface area (TPSA) is 50.7 Å². The molecule has 2 atom stereocenters. The van der Waals surface area contributed by atoms with Crippen LogP contribution in [0.15, 0.2) is 0 Å². The summed E-state index contributed by atoms with van der Waals surface area (Å²) < 4.78 is 10.2. The fraction of sp³-hybridized carbons (Fsp3) is 1.00. The number of hydrogen-bond acceptors (Lipinski definition) is 4. The van der Waals surface area contributed by atoms with Gasteiger partial charge in [0.05, 0.1) is 12.6 Å². The van der Waals surface area contributed by atoms with Gasteiger partial charge in [-0.15, -0.1) is 0 Å². The first-order chi connectivity index (χ1) is 6.19.